The van der Waals surface area contributed by atoms with Crippen molar-refractivity contribution in [3.63, 3.8) is 0 Å². The molecular weight excluding hydrogens is 674 g/mol. The fourth-order valence-electron chi connectivity index (χ4n) is 7.92. The summed E-state index contributed by atoms with van der Waals surface area (Å²) in [4.78, 5) is 0. The minimum atomic E-state index is -0.839. The highest BCUT2D eigenvalue weighted by Crippen LogP contribution is 2.47. The number of hydrogen-bond donors (Lipinski definition) is 0. The van der Waals surface area contributed by atoms with Gasteiger partial charge in [0.15, 0.2) is 5.79 Å². The van der Waals surface area contributed by atoms with E-state index < -0.39 is 21.6 Å². The van der Waals surface area contributed by atoms with Crippen molar-refractivity contribution >= 4 is 37.1 Å². The molecule has 1 aliphatic heterocycles. The van der Waals surface area contributed by atoms with Crippen LogP contribution in [0.15, 0.2) is 48.5 Å². The van der Waals surface area contributed by atoms with Gasteiger partial charge in [0, 0.05) is 12.3 Å². The highest BCUT2D eigenvalue weighted by atomic mass is 31.1. The van der Waals surface area contributed by atoms with Crippen LogP contribution in [0.4, 0.5) is 0 Å². The molecule has 5 rings (SSSR count). The molecular formula is C43H56O6P2. The second-order valence-corrected chi connectivity index (χ2v) is 18.9. The Bertz CT molecular complexity index is 1550. The number of methoxy groups -OCH3 is 4. The maximum Gasteiger partial charge on any atom is 0.163 e. The van der Waals surface area contributed by atoms with Crippen LogP contribution < -0.4 is 40.2 Å². The molecule has 0 amide bonds. The maximum atomic E-state index is 6.90. The number of ether oxygens (including phenoxy) is 6. The second-order valence-electron chi connectivity index (χ2n) is 14.4. The van der Waals surface area contributed by atoms with Crippen LogP contribution in [0.1, 0.15) is 58.4 Å². The van der Waals surface area contributed by atoms with Gasteiger partial charge in [0.2, 0.25) is 0 Å². The highest BCUT2D eigenvalue weighted by molar-refractivity contribution is 7.73. The van der Waals surface area contributed by atoms with Gasteiger partial charge in [-0.1, -0.05) is 0 Å². The SMILES string of the molecule is COc1c(C)cc(P(C[C@@H]2OC(C)(C)O[C@H]2CP(c2cc(C)c(OC)c(C)c2)c2cc(C)c(OC)c(C)c2)c2cc(C)c(OC)c(C)c2)cc1C. The Morgan fingerprint density at radius 1 is 0.431 bits per heavy atom. The molecule has 1 fully saturated rings. The molecule has 274 valence electrons. The quantitative estimate of drug-likeness (QED) is 0.137. The first kappa shape index (κ1) is 39.1. The van der Waals surface area contributed by atoms with Gasteiger partial charge in [0.05, 0.1) is 40.6 Å². The third-order valence-corrected chi connectivity index (χ3v) is 14.8. The van der Waals surface area contributed by atoms with E-state index in [0.717, 1.165) is 79.8 Å². The van der Waals surface area contributed by atoms with Crippen LogP contribution in [0.2, 0.25) is 0 Å². The molecule has 0 aromatic heterocycles. The monoisotopic (exact) mass is 730 g/mol. The van der Waals surface area contributed by atoms with Crippen molar-refractivity contribution in [1.82, 2.24) is 0 Å². The summed E-state index contributed by atoms with van der Waals surface area (Å²) in [5.74, 6) is 3.05. The average molecular weight is 731 g/mol. The van der Waals surface area contributed by atoms with Crippen LogP contribution in [-0.2, 0) is 9.47 Å². The molecule has 51 heavy (non-hydrogen) atoms. The standard InChI is InChI=1S/C43H56O6P2/c1-25-15-33(16-26(2)39(25)44-11)50(34-17-27(3)40(45-12)28(4)18-34)23-37-38(49-43(9,10)48-37)24-51(35-19-29(5)41(46-13)30(6)20-35)36-21-31(7)42(47-14)32(8)22-36/h15-22,37-38H,23-24H2,1-14H3/t37-,38-/m0/s1. The van der Waals surface area contributed by atoms with Crippen LogP contribution in [0.3, 0.4) is 0 Å². The zero-order valence-electron chi connectivity index (χ0n) is 33.0. The van der Waals surface area contributed by atoms with Crippen molar-refractivity contribution in [3.8, 4) is 23.0 Å². The molecule has 0 radical (unpaired) electrons. The average Bonchev–Trinajstić information content (AvgIpc) is 3.34. The minimum Gasteiger partial charge on any atom is -0.496 e. The molecule has 0 spiro atoms. The van der Waals surface area contributed by atoms with Crippen LogP contribution in [0.5, 0.6) is 23.0 Å². The molecule has 6 nitrogen and oxygen atoms in total. The van der Waals surface area contributed by atoms with E-state index in [1.54, 1.807) is 28.4 Å². The van der Waals surface area contributed by atoms with Crippen molar-refractivity contribution in [2.24, 2.45) is 0 Å². The molecule has 0 bridgehead atoms. The van der Waals surface area contributed by atoms with Crippen molar-refractivity contribution in [1.29, 1.82) is 0 Å². The summed E-state index contributed by atoms with van der Waals surface area (Å²) in [6, 6.07) is 18.5. The lowest BCUT2D eigenvalue weighted by Crippen LogP contribution is -2.34. The Labute approximate surface area is 308 Å². The first-order valence-electron chi connectivity index (χ1n) is 17.6. The van der Waals surface area contributed by atoms with Gasteiger partial charge in [0.25, 0.3) is 0 Å². The van der Waals surface area contributed by atoms with Gasteiger partial charge >= 0.3 is 0 Å². The molecule has 4 aromatic rings. The van der Waals surface area contributed by atoms with E-state index in [1.165, 1.54) is 21.2 Å². The Morgan fingerprint density at radius 3 is 0.804 bits per heavy atom. The summed E-state index contributed by atoms with van der Waals surface area (Å²) >= 11 is 0. The molecule has 0 unspecified atom stereocenters. The fourth-order valence-corrected chi connectivity index (χ4v) is 13.5. The first-order chi connectivity index (χ1) is 24.1. The lowest BCUT2D eigenvalue weighted by atomic mass is 10.1. The summed E-state index contributed by atoms with van der Waals surface area (Å²) in [7, 11) is 5.32. The summed E-state index contributed by atoms with van der Waals surface area (Å²) in [5.41, 5.74) is 9.12. The third-order valence-electron chi connectivity index (χ3n) is 9.85. The lowest BCUT2D eigenvalue weighted by molar-refractivity contribution is -0.142. The van der Waals surface area contributed by atoms with Crippen LogP contribution >= 0.6 is 15.8 Å². The van der Waals surface area contributed by atoms with Gasteiger partial charge in [-0.05, 0) is 199 Å². The highest BCUT2D eigenvalue weighted by Gasteiger charge is 2.44. The van der Waals surface area contributed by atoms with Gasteiger partial charge in [-0.2, -0.15) is 0 Å². The summed E-state index contributed by atoms with van der Waals surface area (Å²) in [6.07, 6.45) is 1.40. The Balaban J connectivity index is 1.62. The van der Waals surface area contributed by atoms with E-state index >= 15 is 0 Å². The maximum absolute atomic E-state index is 6.90. The van der Waals surface area contributed by atoms with Crippen LogP contribution in [0, 0.1) is 55.4 Å². The number of rotatable bonds is 12. The zero-order chi connectivity index (χ0) is 37.4. The minimum absolute atomic E-state index is 0.123. The first-order valence-corrected chi connectivity index (χ1v) is 20.7. The van der Waals surface area contributed by atoms with Gasteiger partial charge in [-0.3, -0.25) is 0 Å². The van der Waals surface area contributed by atoms with E-state index in [2.05, 4.69) is 118 Å². The molecule has 0 saturated carbocycles. The van der Waals surface area contributed by atoms with Crippen molar-refractivity contribution in [2.45, 2.75) is 87.2 Å². The van der Waals surface area contributed by atoms with Gasteiger partial charge in [-0.15, -0.1) is 0 Å². The normalized spacial score (nSPS) is 16.9. The Hall–Kier alpha value is -3.14. The smallest absolute Gasteiger partial charge is 0.163 e. The van der Waals surface area contributed by atoms with Crippen molar-refractivity contribution < 1.29 is 28.4 Å². The number of benzene rings is 4. The van der Waals surface area contributed by atoms with E-state index in [4.69, 9.17) is 28.4 Å². The fraction of sp³-hybridized carbons (Fsp3) is 0.442. The van der Waals surface area contributed by atoms with Crippen LogP contribution in [0.25, 0.3) is 0 Å². The van der Waals surface area contributed by atoms with E-state index in [1.807, 2.05) is 0 Å². The molecule has 1 aliphatic rings. The molecule has 4 aromatic carbocycles. The van der Waals surface area contributed by atoms with Gasteiger partial charge in [-0.25, -0.2) is 0 Å². The Morgan fingerprint density at radius 2 is 0.627 bits per heavy atom. The largest absolute Gasteiger partial charge is 0.496 e. The third kappa shape index (κ3) is 8.26. The van der Waals surface area contributed by atoms with Gasteiger partial charge < -0.3 is 28.4 Å². The topological polar surface area (TPSA) is 55.4 Å². The van der Waals surface area contributed by atoms with E-state index in [-0.39, 0.29) is 12.2 Å². The molecule has 0 aliphatic carbocycles. The molecule has 8 heteroatoms. The number of hydrogen-bond acceptors (Lipinski definition) is 6. The molecule has 1 heterocycles. The summed E-state index contributed by atoms with van der Waals surface area (Å²) < 4.78 is 36.9. The second kappa shape index (κ2) is 15.8. The summed E-state index contributed by atoms with van der Waals surface area (Å²) in [5, 5.41) is 5.23. The summed E-state index contributed by atoms with van der Waals surface area (Å²) in [6.45, 7) is 21.2. The Kier molecular flexibility index (Phi) is 12.1. The van der Waals surface area contributed by atoms with Crippen molar-refractivity contribution in [2.75, 3.05) is 40.8 Å². The van der Waals surface area contributed by atoms with E-state index in [0.29, 0.717) is 0 Å². The zero-order valence-corrected chi connectivity index (χ0v) is 34.8. The lowest BCUT2D eigenvalue weighted by Gasteiger charge is -2.29. The van der Waals surface area contributed by atoms with E-state index in [9.17, 15) is 0 Å². The molecule has 2 atom stereocenters. The van der Waals surface area contributed by atoms with Crippen molar-refractivity contribution in [3.05, 3.63) is 93.0 Å². The predicted molar refractivity (Wildman–Crippen MR) is 216 cm³/mol. The number of aryl methyl sites for hydroxylation is 8. The predicted octanol–water partition coefficient (Wildman–Crippen LogP) is 8.27. The molecule has 0 N–H and O–H groups in total. The van der Waals surface area contributed by atoms with Gasteiger partial charge in [0.1, 0.15) is 23.0 Å². The van der Waals surface area contributed by atoms with Crippen LogP contribution in [-0.4, -0.2) is 58.8 Å². The molecule has 1 saturated heterocycles.